The molecule has 1 rings (SSSR count). The lowest BCUT2D eigenvalue weighted by Gasteiger charge is -2.35. The molecule has 1 fully saturated rings. The Kier molecular flexibility index (Phi) is 6.42. The number of carbonyl (C=O) groups excluding carboxylic acids is 2. The first-order chi connectivity index (χ1) is 9.33. The molecule has 20 heavy (non-hydrogen) atoms. The minimum Gasteiger partial charge on any atom is -0.375 e. The van der Waals surface area contributed by atoms with Crippen LogP contribution in [-0.4, -0.2) is 73.6 Å². The van der Waals surface area contributed by atoms with Crippen molar-refractivity contribution >= 4 is 11.8 Å². The maximum atomic E-state index is 12.0. The minimum absolute atomic E-state index is 0.00556. The molecule has 0 spiro atoms. The molecule has 1 aliphatic rings. The van der Waals surface area contributed by atoms with Crippen LogP contribution in [-0.2, 0) is 14.3 Å². The van der Waals surface area contributed by atoms with Crippen LogP contribution >= 0.6 is 0 Å². The summed E-state index contributed by atoms with van der Waals surface area (Å²) in [4.78, 5) is 27.3. The van der Waals surface area contributed by atoms with Crippen molar-refractivity contribution in [1.29, 1.82) is 0 Å². The third kappa shape index (κ3) is 5.88. The van der Waals surface area contributed by atoms with Crippen LogP contribution in [0.4, 0.5) is 0 Å². The van der Waals surface area contributed by atoms with Gasteiger partial charge in [-0.05, 0) is 20.8 Å². The first-order valence-corrected chi connectivity index (χ1v) is 7.13. The molecule has 0 aromatic rings. The monoisotopic (exact) mass is 285 g/mol. The van der Waals surface area contributed by atoms with Crippen LogP contribution in [0.15, 0.2) is 0 Å². The van der Waals surface area contributed by atoms with Gasteiger partial charge in [-0.2, -0.15) is 0 Å². The Morgan fingerprint density at radius 3 is 2.00 bits per heavy atom. The van der Waals surface area contributed by atoms with Crippen molar-refractivity contribution in [3.8, 4) is 0 Å². The molecular weight excluding hydrogens is 258 g/mol. The van der Waals surface area contributed by atoms with Crippen molar-refractivity contribution in [3.05, 3.63) is 0 Å². The fourth-order valence-corrected chi connectivity index (χ4v) is 2.12. The van der Waals surface area contributed by atoms with Crippen molar-refractivity contribution in [2.75, 3.05) is 46.4 Å². The highest BCUT2D eigenvalue weighted by molar-refractivity contribution is 5.79. The first-order valence-electron chi connectivity index (χ1n) is 7.13. The fourth-order valence-electron chi connectivity index (χ4n) is 2.12. The Morgan fingerprint density at radius 2 is 1.55 bits per heavy atom. The SMILES string of the molecule is COCC(=O)N1CCN(C(=O)CCNC(C)(C)C)CC1. The van der Waals surface area contributed by atoms with E-state index >= 15 is 0 Å². The minimum atomic E-state index is -0.00556. The fraction of sp³-hybridized carbons (Fsp3) is 0.857. The molecule has 1 aliphatic heterocycles. The summed E-state index contributed by atoms with van der Waals surface area (Å²) in [5.41, 5.74) is 0.0333. The van der Waals surface area contributed by atoms with Crippen molar-refractivity contribution in [1.82, 2.24) is 15.1 Å². The predicted octanol–water partition coefficient (Wildman–Crippen LogP) is 0.0818. The van der Waals surface area contributed by atoms with Gasteiger partial charge in [-0.3, -0.25) is 9.59 Å². The Balaban J connectivity index is 2.27. The number of amides is 2. The number of rotatable bonds is 5. The second kappa shape index (κ2) is 7.59. The quantitative estimate of drug-likeness (QED) is 0.777. The molecule has 0 bridgehead atoms. The summed E-state index contributed by atoms with van der Waals surface area (Å²) >= 11 is 0. The van der Waals surface area contributed by atoms with E-state index in [1.165, 1.54) is 7.11 Å². The summed E-state index contributed by atoms with van der Waals surface area (Å²) < 4.78 is 4.84. The lowest BCUT2D eigenvalue weighted by atomic mass is 10.1. The van der Waals surface area contributed by atoms with Crippen LogP contribution in [0.25, 0.3) is 0 Å². The molecular formula is C14H27N3O3. The average molecular weight is 285 g/mol. The lowest BCUT2D eigenvalue weighted by molar-refractivity contribution is -0.141. The van der Waals surface area contributed by atoms with Gasteiger partial charge in [-0.25, -0.2) is 0 Å². The number of hydrogen-bond acceptors (Lipinski definition) is 4. The highest BCUT2D eigenvalue weighted by atomic mass is 16.5. The predicted molar refractivity (Wildman–Crippen MR) is 77.4 cm³/mol. The van der Waals surface area contributed by atoms with Crippen LogP contribution in [0.2, 0.25) is 0 Å². The maximum Gasteiger partial charge on any atom is 0.248 e. The number of methoxy groups -OCH3 is 1. The molecule has 2 amide bonds. The number of piperazine rings is 1. The van der Waals surface area contributed by atoms with E-state index in [0.717, 1.165) is 0 Å². The largest absolute Gasteiger partial charge is 0.375 e. The summed E-state index contributed by atoms with van der Waals surface area (Å²) in [5, 5.41) is 3.31. The molecule has 0 radical (unpaired) electrons. The van der Waals surface area contributed by atoms with E-state index in [2.05, 4.69) is 26.1 Å². The normalized spacial score (nSPS) is 16.4. The van der Waals surface area contributed by atoms with E-state index in [4.69, 9.17) is 4.74 Å². The molecule has 0 saturated carbocycles. The Hall–Kier alpha value is -1.14. The van der Waals surface area contributed by atoms with Gasteiger partial charge in [0.1, 0.15) is 6.61 Å². The second-order valence-electron chi connectivity index (χ2n) is 6.12. The number of carbonyl (C=O) groups is 2. The summed E-state index contributed by atoms with van der Waals surface area (Å²) in [5.74, 6) is 0.148. The zero-order chi connectivity index (χ0) is 15.2. The molecule has 0 aromatic heterocycles. The molecule has 0 aromatic carbocycles. The molecule has 0 unspecified atom stereocenters. The standard InChI is InChI=1S/C14H27N3O3/c1-14(2,3)15-6-5-12(18)16-7-9-17(10-8-16)13(19)11-20-4/h15H,5-11H2,1-4H3. The summed E-state index contributed by atoms with van der Waals surface area (Å²) in [7, 11) is 1.51. The van der Waals surface area contributed by atoms with E-state index in [-0.39, 0.29) is 24.0 Å². The lowest BCUT2D eigenvalue weighted by Crippen LogP contribution is -2.51. The van der Waals surface area contributed by atoms with Crippen molar-refractivity contribution in [2.24, 2.45) is 0 Å². The zero-order valence-corrected chi connectivity index (χ0v) is 13.1. The molecule has 1 heterocycles. The third-order valence-electron chi connectivity index (χ3n) is 3.25. The van der Waals surface area contributed by atoms with Gasteiger partial charge in [0.05, 0.1) is 0 Å². The van der Waals surface area contributed by atoms with E-state index in [1.807, 2.05) is 4.90 Å². The molecule has 1 saturated heterocycles. The molecule has 0 atom stereocenters. The summed E-state index contributed by atoms with van der Waals surface area (Å²) in [6.07, 6.45) is 0.503. The second-order valence-corrected chi connectivity index (χ2v) is 6.12. The highest BCUT2D eigenvalue weighted by Gasteiger charge is 2.23. The molecule has 116 valence electrons. The Bertz CT molecular complexity index is 331. The van der Waals surface area contributed by atoms with Gasteiger partial charge < -0.3 is 19.9 Å². The first kappa shape index (κ1) is 16.9. The van der Waals surface area contributed by atoms with Crippen molar-refractivity contribution in [3.63, 3.8) is 0 Å². The van der Waals surface area contributed by atoms with Gasteiger partial charge in [-0.15, -0.1) is 0 Å². The van der Waals surface area contributed by atoms with Crippen LogP contribution in [0.1, 0.15) is 27.2 Å². The summed E-state index contributed by atoms with van der Waals surface area (Å²) in [6, 6.07) is 0. The van der Waals surface area contributed by atoms with E-state index in [9.17, 15) is 9.59 Å². The Labute approximate surface area is 121 Å². The number of hydrogen-bond donors (Lipinski definition) is 1. The molecule has 0 aliphatic carbocycles. The number of nitrogens with one attached hydrogen (secondary N) is 1. The van der Waals surface area contributed by atoms with Crippen LogP contribution in [0.3, 0.4) is 0 Å². The molecule has 6 nitrogen and oxygen atoms in total. The zero-order valence-electron chi connectivity index (χ0n) is 13.1. The highest BCUT2D eigenvalue weighted by Crippen LogP contribution is 2.05. The van der Waals surface area contributed by atoms with Gasteiger partial charge in [0, 0.05) is 51.8 Å². The average Bonchev–Trinajstić information content (AvgIpc) is 2.37. The van der Waals surface area contributed by atoms with Gasteiger partial charge >= 0.3 is 0 Å². The molecule has 1 N–H and O–H groups in total. The van der Waals surface area contributed by atoms with Crippen molar-refractivity contribution < 1.29 is 14.3 Å². The topological polar surface area (TPSA) is 61.9 Å². The smallest absolute Gasteiger partial charge is 0.248 e. The maximum absolute atomic E-state index is 12.0. The number of ether oxygens (including phenoxy) is 1. The van der Waals surface area contributed by atoms with E-state index in [0.29, 0.717) is 39.1 Å². The number of nitrogens with zero attached hydrogens (tertiary/aromatic N) is 2. The van der Waals surface area contributed by atoms with E-state index < -0.39 is 0 Å². The third-order valence-corrected chi connectivity index (χ3v) is 3.25. The van der Waals surface area contributed by atoms with Gasteiger partial charge in [0.25, 0.3) is 0 Å². The van der Waals surface area contributed by atoms with Crippen LogP contribution in [0.5, 0.6) is 0 Å². The van der Waals surface area contributed by atoms with Gasteiger partial charge in [0.2, 0.25) is 11.8 Å². The Morgan fingerprint density at radius 1 is 1.05 bits per heavy atom. The van der Waals surface area contributed by atoms with E-state index in [1.54, 1.807) is 4.90 Å². The van der Waals surface area contributed by atoms with Crippen molar-refractivity contribution in [2.45, 2.75) is 32.7 Å². The van der Waals surface area contributed by atoms with Crippen LogP contribution in [0, 0.1) is 0 Å². The van der Waals surface area contributed by atoms with Gasteiger partial charge in [0.15, 0.2) is 0 Å². The summed E-state index contributed by atoms with van der Waals surface area (Å²) in [6.45, 7) is 9.47. The van der Waals surface area contributed by atoms with Crippen LogP contribution < -0.4 is 5.32 Å². The van der Waals surface area contributed by atoms with Gasteiger partial charge in [-0.1, -0.05) is 0 Å². The molecule has 6 heteroatoms.